The number of carboxylic acid groups (broad SMARTS) is 1. The summed E-state index contributed by atoms with van der Waals surface area (Å²) in [5, 5.41) is 11.5. The molecule has 0 saturated carbocycles. The number of rotatable bonds is 3. The van der Waals surface area contributed by atoms with Gasteiger partial charge in [-0.05, 0) is 34.1 Å². The molecule has 1 aromatic carbocycles. The van der Waals surface area contributed by atoms with Gasteiger partial charge >= 0.3 is 5.97 Å². The molecule has 1 amide bonds. The maximum absolute atomic E-state index is 11.4. The average molecular weight is 286 g/mol. The van der Waals surface area contributed by atoms with E-state index in [0.717, 1.165) is 0 Å². The van der Waals surface area contributed by atoms with Crippen molar-refractivity contribution in [1.29, 1.82) is 0 Å². The molecule has 1 aromatic rings. The maximum atomic E-state index is 11.4. The molecule has 0 radical (unpaired) electrons. The van der Waals surface area contributed by atoms with E-state index in [1.807, 2.05) is 0 Å². The summed E-state index contributed by atoms with van der Waals surface area (Å²) in [6.07, 6.45) is 0. The smallest absolute Gasteiger partial charge is 0.335 e. The lowest BCUT2D eigenvalue weighted by atomic mass is 10.2. The number of amides is 1. The molecule has 0 aliphatic carbocycles. The topological polar surface area (TPSA) is 66.4 Å². The highest BCUT2D eigenvalue weighted by molar-refractivity contribution is 9.10. The molecule has 0 unspecified atom stereocenters. The second-order valence-electron chi connectivity index (χ2n) is 3.64. The second kappa shape index (κ2) is 5.12. The molecule has 0 fully saturated rings. The zero-order chi connectivity index (χ0) is 12.3. The predicted molar refractivity (Wildman–Crippen MR) is 64.6 cm³/mol. The third-order valence-electron chi connectivity index (χ3n) is 2.00. The number of carbonyl (C=O) groups excluding carboxylic acids is 1. The van der Waals surface area contributed by atoms with Crippen LogP contribution in [0.1, 0.15) is 24.2 Å². The van der Waals surface area contributed by atoms with Gasteiger partial charge in [0.05, 0.1) is 11.3 Å². The van der Waals surface area contributed by atoms with Crippen molar-refractivity contribution < 1.29 is 14.7 Å². The summed E-state index contributed by atoms with van der Waals surface area (Å²) in [5.74, 6) is -1.22. The van der Waals surface area contributed by atoms with Crippen molar-refractivity contribution in [2.24, 2.45) is 5.92 Å². The minimum absolute atomic E-state index is 0.108. The van der Waals surface area contributed by atoms with E-state index in [-0.39, 0.29) is 17.4 Å². The Morgan fingerprint density at radius 2 is 2.00 bits per heavy atom. The number of halogens is 1. The summed E-state index contributed by atoms with van der Waals surface area (Å²) in [6, 6.07) is 4.47. The Bertz CT molecular complexity index is 429. The lowest BCUT2D eigenvalue weighted by Gasteiger charge is -2.09. The third kappa shape index (κ3) is 3.06. The molecule has 16 heavy (non-hydrogen) atoms. The van der Waals surface area contributed by atoms with Gasteiger partial charge in [-0.1, -0.05) is 13.8 Å². The van der Waals surface area contributed by atoms with Gasteiger partial charge in [-0.3, -0.25) is 4.79 Å². The summed E-state index contributed by atoms with van der Waals surface area (Å²) < 4.78 is 0.557. The number of nitrogens with one attached hydrogen (secondary N) is 1. The van der Waals surface area contributed by atoms with Crippen molar-refractivity contribution in [2.75, 3.05) is 5.32 Å². The van der Waals surface area contributed by atoms with Gasteiger partial charge in [-0.15, -0.1) is 0 Å². The van der Waals surface area contributed by atoms with E-state index in [1.54, 1.807) is 19.9 Å². The van der Waals surface area contributed by atoms with Crippen LogP contribution in [0.4, 0.5) is 5.69 Å². The second-order valence-corrected chi connectivity index (χ2v) is 4.50. The number of carbonyl (C=O) groups is 2. The maximum Gasteiger partial charge on any atom is 0.335 e. The van der Waals surface area contributed by atoms with Crippen LogP contribution in [-0.2, 0) is 4.79 Å². The van der Waals surface area contributed by atoms with Gasteiger partial charge in [-0.2, -0.15) is 0 Å². The van der Waals surface area contributed by atoms with Crippen LogP contribution < -0.4 is 5.32 Å². The zero-order valence-electron chi connectivity index (χ0n) is 8.95. The average Bonchev–Trinajstić information content (AvgIpc) is 2.20. The van der Waals surface area contributed by atoms with Gasteiger partial charge in [0.25, 0.3) is 0 Å². The molecule has 0 aliphatic heterocycles. The number of aromatic carboxylic acids is 1. The first-order valence-corrected chi connectivity index (χ1v) is 5.55. The standard InChI is InChI=1S/C11H12BrNO3/c1-6(2)10(14)13-9-4-3-7(11(15)16)5-8(9)12/h3-6H,1-2H3,(H,13,14)(H,15,16). The molecule has 5 heteroatoms. The normalized spacial score (nSPS) is 10.2. The SMILES string of the molecule is CC(C)C(=O)Nc1ccc(C(=O)O)cc1Br. The lowest BCUT2D eigenvalue weighted by molar-refractivity contribution is -0.118. The molecule has 0 heterocycles. The molecular formula is C11H12BrNO3. The van der Waals surface area contributed by atoms with Crippen LogP contribution in [0.15, 0.2) is 22.7 Å². The fourth-order valence-electron chi connectivity index (χ4n) is 1.03. The molecule has 1 rings (SSSR count). The molecule has 2 N–H and O–H groups in total. The minimum atomic E-state index is -0.998. The lowest BCUT2D eigenvalue weighted by Crippen LogP contribution is -2.18. The van der Waals surface area contributed by atoms with Crippen molar-refractivity contribution in [1.82, 2.24) is 0 Å². The molecule has 0 aromatic heterocycles. The molecule has 0 bridgehead atoms. The van der Waals surface area contributed by atoms with E-state index >= 15 is 0 Å². The Balaban J connectivity index is 2.91. The molecule has 0 saturated heterocycles. The van der Waals surface area contributed by atoms with E-state index in [9.17, 15) is 9.59 Å². The van der Waals surface area contributed by atoms with Crippen LogP contribution in [0.5, 0.6) is 0 Å². The molecule has 86 valence electrons. The van der Waals surface area contributed by atoms with Gasteiger partial charge in [-0.25, -0.2) is 4.79 Å². The highest BCUT2D eigenvalue weighted by atomic mass is 79.9. The number of carboxylic acids is 1. The van der Waals surface area contributed by atoms with Gasteiger partial charge < -0.3 is 10.4 Å². The highest BCUT2D eigenvalue weighted by Gasteiger charge is 2.11. The van der Waals surface area contributed by atoms with Gasteiger partial charge in [0.1, 0.15) is 0 Å². The molecule has 0 atom stereocenters. The van der Waals surface area contributed by atoms with Gasteiger partial charge in [0, 0.05) is 10.4 Å². The number of benzene rings is 1. The Hall–Kier alpha value is -1.36. The molecule has 0 spiro atoms. The van der Waals surface area contributed by atoms with E-state index in [2.05, 4.69) is 21.2 Å². The molecular weight excluding hydrogens is 274 g/mol. The zero-order valence-corrected chi connectivity index (χ0v) is 10.5. The Labute approximate surface area is 102 Å². The summed E-state index contributed by atoms with van der Waals surface area (Å²) in [5.41, 5.74) is 0.748. The largest absolute Gasteiger partial charge is 0.478 e. The van der Waals surface area contributed by atoms with Crippen molar-refractivity contribution in [3.63, 3.8) is 0 Å². The number of anilines is 1. The van der Waals surface area contributed by atoms with Gasteiger partial charge in [0.2, 0.25) is 5.91 Å². The van der Waals surface area contributed by atoms with E-state index in [4.69, 9.17) is 5.11 Å². The molecule has 4 nitrogen and oxygen atoms in total. The first-order chi connectivity index (χ1) is 7.41. The Morgan fingerprint density at radius 1 is 1.38 bits per heavy atom. The monoisotopic (exact) mass is 285 g/mol. The third-order valence-corrected chi connectivity index (χ3v) is 2.65. The highest BCUT2D eigenvalue weighted by Crippen LogP contribution is 2.24. The van der Waals surface area contributed by atoms with Crippen LogP contribution in [0.2, 0.25) is 0 Å². The summed E-state index contributed by atoms with van der Waals surface area (Å²) in [4.78, 5) is 22.1. The number of hydrogen-bond donors (Lipinski definition) is 2. The van der Waals surface area contributed by atoms with Crippen LogP contribution >= 0.6 is 15.9 Å². The first-order valence-electron chi connectivity index (χ1n) is 4.75. The van der Waals surface area contributed by atoms with E-state index in [1.165, 1.54) is 12.1 Å². The Morgan fingerprint density at radius 3 is 2.44 bits per heavy atom. The quantitative estimate of drug-likeness (QED) is 0.897. The predicted octanol–water partition coefficient (Wildman–Crippen LogP) is 2.74. The Kier molecular flexibility index (Phi) is 4.06. The fraction of sp³-hybridized carbons (Fsp3) is 0.273. The van der Waals surface area contributed by atoms with Crippen molar-refractivity contribution in [3.05, 3.63) is 28.2 Å². The van der Waals surface area contributed by atoms with E-state index in [0.29, 0.717) is 10.2 Å². The van der Waals surface area contributed by atoms with Gasteiger partial charge in [0.15, 0.2) is 0 Å². The van der Waals surface area contributed by atoms with Crippen molar-refractivity contribution >= 4 is 33.5 Å². The number of hydrogen-bond acceptors (Lipinski definition) is 2. The minimum Gasteiger partial charge on any atom is -0.478 e. The van der Waals surface area contributed by atoms with Crippen LogP contribution in [-0.4, -0.2) is 17.0 Å². The summed E-state index contributed by atoms with van der Waals surface area (Å²) in [6.45, 7) is 3.57. The van der Waals surface area contributed by atoms with Crippen LogP contribution in [0.3, 0.4) is 0 Å². The van der Waals surface area contributed by atoms with Crippen molar-refractivity contribution in [2.45, 2.75) is 13.8 Å². The summed E-state index contributed by atoms with van der Waals surface area (Å²) in [7, 11) is 0. The van der Waals surface area contributed by atoms with Crippen molar-refractivity contribution in [3.8, 4) is 0 Å². The fourth-order valence-corrected chi connectivity index (χ4v) is 1.50. The van der Waals surface area contributed by atoms with Crippen LogP contribution in [0.25, 0.3) is 0 Å². The summed E-state index contributed by atoms with van der Waals surface area (Å²) >= 11 is 3.21. The van der Waals surface area contributed by atoms with Crippen LogP contribution in [0, 0.1) is 5.92 Å². The first kappa shape index (κ1) is 12.7. The molecule has 0 aliphatic rings. The van der Waals surface area contributed by atoms with E-state index < -0.39 is 5.97 Å².